The molecule has 2 saturated carbocycles. The van der Waals surface area contributed by atoms with Crippen LogP contribution in [0.3, 0.4) is 0 Å². The van der Waals surface area contributed by atoms with Gasteiger partial charge in [-0.15, -0.1) is 12.8 Å². The smallest absolute Gasteiger partial charge is 0.257 e. The first-order valence-electron chi connectivity index (χ1n) is 32.7. The zero-order valence-corrected chi connectivity index (χ0v) is 60.3. The van der Waals surface area contributed by atoms with Crippen molar-refractivity contribution >= 4 is 51.1 Å². The summed E-state index contributed by atoms with van der Waals surface area (Å²) in [5.74, 6) is 140. The molecule has 3 aromatic rings. The lowest BCUT2D eigenvalue weighted by Crippen LogP contribution is -2.51. The van der Waals surface area contributed by atoms with Gasteiger partial charge in [-0.2, -0.15) is 0 Å². The Bertz CT molecular complexity index is 6280. The fourth-order valence-electron chi connectivity index (χ4n) is 9.92. The molecule has 6 aliphatic rings. The van der Waals surface area contributed by atoms with E-state index >= 15 is 4.39 Å². The maximum absolute atomic E-state index is 15.1. The lowest BCUT2D eigenvalue weighted by Gasteiger charge is -2.47. The number of thioether (sulfide) groups is 2. The molecule has 13 heteroatoms. The summed E-state index contributed by atoms with van der Waals surface area (Å²) in [5.41, 5.74) is 6.40. The van der Waals surface area contributed by atoms with E-state index in [1.807, 2.05) is 6.07 Å². The quantitative estimate of drug-likeness (QED) is 0.195. The van der Waals surface area contributed by atoms with Gasteiger partial charge in [0.15, 0.2) is 21.7 Å². The van der Waals surface area contributed by atoms with Gasteiger partial charge in [-0.25, -0.2) is 28.5 Å². The Labute approximate surface area is 670 Å². The van der Waals surface area contributed by atoms with Crippen LogP contribution in [0.4, 0.5) is 20.2 Å². The van der Waals surface area contributed by atoms with Gasteiger partial charge in [0.25, 0.3) is 5.91 Å². The Kier molecular flexibility index (Phi) is 37.9. The first-order valence-corrected chi connectivity index (χ1v) is 34.7. The molecule has 113 heavy (non-hydrogen) atoms. The first-order chi connectivity index (χ1) is 55.1. The van der Waals surface area contributed by atoms with Crippen LogP contribution in [0.1, 0.15) is 67.4 Å². The van der Waals surface area contributed by atoms with E-state index in [0.717, 1.165) is 18.6 Å². The molecule has 3 N–H and O–H groups in total. The van der Waals surface area contributed by atoms with Crippen molar-refractivity contribution in [3.63, 3.8) is 0 Å². The third-order valence-electron chi connectivity index (χ3n) is 15.0. The molecule has 0 aromatic heterocycles. The molecule has 520 valence electrons. The van der Waals surface area contributed by atoms with Crippen molar-refractivity contribution in [3.8, 4) is 344 Å². The molecular formula is C100H46F2N6O3S2. The minimum atomic E-state index is -0.944. The van der Waals surface area contributed by atoms with Crippen LogP contribution in [0, 0.1) is 393 Å². The zero-order valence-electron chi connectivity index (χ0n) is 58.7. The number of ether oxygens (including phenoxy) is 2. The number of carbonyl (C=O) groups is 1. The van der Waals surface area contributed by atoms with Gasteiger partial charge in [0.2, 0.25) is 0 Å². The van der Waals surface area contributed by atoms with E-state index in [9.17, 15) is 9.18 Å². The number of fused-ring (bicyclic) bond motifs is 2. The first kappa shape index (κ1) is 84.9. The van der Waals surface area contributed by atoms with Crippen LogP contribution in [0.5, 0.6) is 0 Å². The molecule has 2 aliphatic carbocycles. The number of amides is 1. The zero-order chi connectivity index (χ0) is 79.0. The Morgan fingerprint density at radius 3 is 0.973 bits per heavy atom. The largest absolute Gasteiger partial charge is 0.379 e. The van der Waals surface area contributed by atoms with Crippen LogP contribution in [-0.4, -0.2) is 53.2 Å². The number of terminal acetylenes is 2. The topological polar surface area (TPSA) is 107 Å². The number of nitrogens with one attached hydrogen (secondary N) is 1. The Morgan fingerprint density at radius 2 is 0.699 bits per heavy atom. The maximum Gasteiger partial charge on any atom is 0.257 e. The summed E-state index contributed by atoms with van der Waals surface area (Å²) < 4.78 is 41.9. The molecular weight excluding hydrogens is 1440 g/mol. The van der Waals surface area contributed by atoms with Crippen LogP contribution in [0.15, 0.2) is 76.7 Å². The molecule has 0 radical (unpaired) electrons. The number of carbonyl (C=O) groups excluding carboxylic acids is 1. The third-order valence-corrected chi connectivity index (χ3v) is 17.0. The predicted octanol–water partition coefficient (Wildman–Crippen LogP) is 9.35. The van der Waals surface area contributed by atoms with Crippen molar-refractivity contribution in [1.29, 1.82) is 0 Å². The molecule has 4 heterocycles. The second-order valence-corrected chi connectivity index (χ2v) is 24.0. The second kappa shape index (κ2) is 50.4. The number of hydrogen-bond acceptors (Lipinski definition) is 8. The highest BCUT2D eigenvalue weighted by molar-refractivity contribution is 8.14. The second-order valence-electron chi connectivity index (χ2n) is 22.0. The normalized spacial score (nSPS) is 16.4. The van der Waals surface area contributed by atoms with Crippen LogP contribution in [0.25, 0.3) is 9.69 Å². The summed E-state index contributed by atoms with van der Waals surface area (Å²) in [4.78, 5) is 29.1. The van der Waals surface area contributed by atoms with Gasteiger partial charge in [0, 0.05) is 277 Å². The van der Waals surface area contributed by atoms with Crippen molar-refractivity contribution in [1.82, 2.24) is 5.32 Å². The van der Waals surface area contributed by atoms with Crippen molar-refractivity contribution in [2.24, 2.45) is 39.4 Å². The lowest BCUT2D eigenvalue weighted by atomic mass is 9.74. The number of halogens is 2. The van der Waals surface area contributed by atoms with Gasteiger partial charge in [0.05, 0.1) is 38.6 Å². The summed E-state index contributed by atoms with van der Waals surface area (Å²) in [5, 5.41) is 3.83. The Morgan fingerprint density at radius 1 is 0.425 bits per heavy atom. The van der Waals surface area contributed by atoms with Crippen molar-refractivity contribution in [3.05, 3.63) is 118 Å². The average molecular weight is 1480 g/mol. The van der Waals surface area contributed by atoms with E-state index in [0.29, 0.717) is 62.6 Å². The van der Waals surface area contributed by atoms with Crippen LogP contribution in [-0.2, 0) is 20.6 Å². The SMILES string of the molecule is C.C#CC#CC#CC#CC#CC#CC#CC#CC#CC#CC#CC#CC#CC#CC#CC#CC#CC#CC#CC#CC#CC#CC#CC#CC#CC#CC#CC#CC#C.[C-]#[N+]c1ccc(F)c([C@]23CO[C@@H](C4CC4)C[C@H]2CSC(N)=N3)c1.[C-]#[N+]c1ccc(F)c([C@]23CO[C@@H](C4CC4)C[C@H]2CSC(NC(=O)c2ccccc2)=N3)c1. The third kappa shape index (κ3) is 31.3. The molecule has 0 unspecified atom stereocenters. The Balaban J connectivity index is 0.000000295. The van der Waals surface area contributed by atoms with Crippen molar-refractivity contribution < 1.29 is 23.0 Å². The number of nitrogens with two attached hydrogens (primary N) is 1. The molecule has 9 nitrogen and oxygen atoms in total. The molecule has 9 rings (SSSR count). The van der Waals surface area contributed by atoms with Gasteiger partial charge in [-0.3, -0.25) is 4.79 Å². The molecule has 3 aromatic carbocycles. The van der Waals surface area contributed by atoms with Gasteiger partial charge < -0.3 is 20.5 Å². The fraction of sp³-hybridized carbons (Fsp3) is 0.190. The van der Waals surface area contributed by atoms with Crippen LogP contribution in [0.2, 0.25) is 0 Å². The highest BCUT2D eigenvalue weighted by Crippen LogP contribution is 2.52. The number of hydrogen-bond donors (Lipinski definition) is 2. The van der Waals surface area contributed by atoms with E-state index < -0.39 is 16.9 Å². The molecule has 2 saturated heterocycles. The fourth-order valence-corrected chi connectivity index (χ4v) is 12.1. The minimum absolute atomic E-state index is 0. The van der Waals surface area contributed by atoms with Crippen molar-refractivity contribution in [2.75, 3.05) is 24.7 Å². The van der Waals surface area contributed by atoms with E-state index in [-0.39, 0.29) is 49.8 Å². The number of rotatable bonds is 5. The summed E-state index contributed by atoms with van der Waals surface area (Å²) >= 11 is 3.03. The van der Waals surface area contributed by atoms with E-state index in [1.54, 1.807) is 36.4 Å². The minimum Gasteiger partial charge on any atom is -0.379 e. The van der Waals surface area contributed by atoms with Gasteiger partial charge in [-0.1, -0.05) is 61.3 Å². The monoisotopic (exact) mass is 1480 g/mol. The molecule has 0 bridgehead atoms. The Hall–Kier alpha value is -17.0. The van der Waals surface area contributed by atoms with Crippen LogP contribution < -0.4 is 11.1 Å². The molecule has 0 spiro atoms. The van der Waals surface area contributed by atoms with E-state index in [1.165, 1.54) is 73.5 Å². The van der Waals surface area contributed by atoms with Gasteiger partial charge in [0.1, 0.15) is 22.7 Å². The van der Waals surface area contributed by atoms with E-state index in [4.69, 9.17) is 46.2 Å². The number of aliphatic imine (C=N–C) groups is 2. The standard InChI is InChI=1S/C58H2.C24H22FN3O2S.C17H18FN3OS.CH4/c1-3-5-7-9-11-13-15-17-19-21-23-25-27-29-31-33-35-37-39-41-43-45-47-49-51-53-55-57-58-56-54-52-50-48-46-44-42-40-38-36-34-32-30-28-26-24-22-20-18-16-14-12-10-8-6-4-2;1-26-18-9-10-20(25)19(12-18)24-14-30-21(15-7-8-15)11-17(24)13-31-23(28-24)27-22(29)16-5-3-2-4-6-16;1-20-12-4-5-14(18)13(7-12)17-9-22-15(10-2-3-10)6-11(17)8-23-16(19)21-17;/h1-2H;2-6,9-10,12,15,17,21H,7-8,11,13-14H2,(H,27,28,29);4-5,7,10-11,15H,2-3,6,8-9H2,(H2,19,21);1H4/t;17-,21+,24-;11-,15+,17-;/m.00./s1. The average Bonchev–Trinajstić information content (AvgIpc) is 1.73. The highest BCUT2D eigenvalue weighted by atomic mass is 32.2. The van der Waals surface area contributed by atoms with Crippen molar-refractivity contribution in [2.45, 2.75) is 69.2 Å². The molecule has 1 amide bonds. The molecule has 4 aliphatic heterocycles. The highest BCUT2D eigenvalue weighted by Gasteiger charge is 2.53. The summed E-state index contributed by atoms with van der Waals surface area (Å²) in [7, 11) is 0. The van der Waals surface area contributed by atoms with E-state index in [2.05, 4.69) is 352 Å². The lowest BCUT2D eigenvalue weighted by molar-refractivity contribution is -0.0664. The van der Waals surface area contributed by atoms with Crippen LogP contribution >= 0.6 is 23.5 Å². The summed E-state index contributed by atoms with van der Waals surface area (Å²) in [6.07, 6.45) is 16.8. The number of benzene rings is 3. The van der Waals surface area contributed by atoms with Gasteiger partial charge in [-0.05, 0) is 181 Å². The summed E-state index contributed by atoms with van der Waals surface area (Å²) in [6, 6.07) is 17.8. The molecule has 6 atom stereocenters. The molecule has 4 fully saturated rings. The van der Waals surface area contributed by atoms with Gasteiger partial charge >= 0.3 is 0 Å². The number of nitrogens with zero attached hydrogens (tertiary/aromatic N) is 4. The number of amidine groups is 2. The summed E-state index contributed by atoms with van der Waals surface area (Å²) in [6.45, 7) is 15.1. The predicted molar refractivity (Wildman–Crippen MR) is 442 cm³/mol. The maximum atomic E-state index is 15.1.